The molecular formula is C27H21N2O3Pt-. The number of aryl methyl sites for hydroxylation is 1. The molecule has 4 aromatic rings. The average molecular weight is 617 g/mol. The maximum atomic E-state index is 10.1. The zero-order chi connectivity index (χ0) is 21.5. The van der Waals surface area contributed by atoms with Gasteiger partial charge in [0.2, 0.25) is 5.88 Å². The van der Waals surface area contributed by atoms with Gasteiger partial charge in [0.25, 0.3) is 0 Å². The van der Waals surface area contributed by atoms with Crippen molar-refractivity contribution >= 4 is 16.8 Å². The second-order valence-corrected chi connectivity index (χ2v) is 8.16. The van der Waals surface area contributed by atoms with Crippen molar-refractivity contribution in [1.82, 2.24) is 4.98 Å². The summed E-state index contributed by atoms with van der Waals surface area (Å²) >= 11 is 0. The van der Waals surface area contributed by atoms with Gasteiger partial charge in [0.1, 0.15) is 23.3 Å². The van der Waals surface area contributed by atoms with Crippen molar-refractivity contribution in [2.75, 3.05) is 0 Å². The quantitative estimate of drug-likeness (QED) is 0.298. The number of fused-ring (bicyclic) bond motifs is 4. The van der Waals surface area contributed by atoms with Gasteiger partial charge in [-0.3, -0.25) is 4.99 Å². The standard InChI is InChI=1S/C27H21N2O3.Pt/c30-23-13-5-8-18-14-15-24(29-25(18)23)31-20-10-3-9-19(16-20)27-28-22-12-4-7-17-6-1-2-11-21(17)26(22)32-27;/h1-3,5-6,8-11,13-15,22,26,30H,4,7,12H2;/q-1;/t22-,26+;/m0./s1. The molecule has 0 spiro atoms. The van der Waals surface area contributed by atoms with Gasteiger partial charge in [-0.2, -0.15) is 0 Å². The second-order valence-electron chi connectivity index (χ2n) is 8.16. The van der Waals surface area contributed by atoms with Gasteiger partial charge in [0.05, 0.1) is 6.04 Å². The number of hydrogen-bond donors (Lipinski definition) is 1. The Morgan fingerprint density at radius 2 is 1.85 bits per heavy atom. The molecule has 168 valence electrons. The number of phenols is 1. The summed E-state index contributed by atoms with van der Waals surface area (Å²) in [6.45, 7) is 0. The number of para-hydroxylation sites is 1. The first kappa shape index (κ1) is 21.7. The van der Waals surface area contributed by atoms with Crippen LogP contribution in [0.15, 0.2) is 77.8 Å². The SMILES string of the molecule is Oc1cccc2ccc(Oc3[c-]c(C4=N[C@H]5CCCc6ccccc6[C@H]5O4)ccc3)nc12.[Pt]. The molecule has 1 aromatic heterocycles. The monoisotopic (exact) mass is 616 g/mol. The van der Waals surface area contributed by atoms with Gasteiger partial charge in [0, 0.05) is 38.3 Å². The van der Waals surface area contributed by atoms with Crippen molar-refractivity contribution in [3.63, 3.8) is 0 Å². The zero-order valence-corrected chi connectivity index (χ0v) is 20.0. The van der Waals surface area contributed by atoms with Crippen LogP contribution in [0.2, 0.25) is 0 Å². The molecule has 1 aliphatic heterocycles. The zero-order valence-electron chi connectivity index (χ0n) is 17.7. The van der Waals surface area contributed by atoms with Crippen molar-refractivity contribution < 1.29 is 35.6 Å². The van der Waals surface area contributed by atoms with Gasteiger partial charge in [-0.1, -0.05) is 48.0 Å². The predicted molar refractivity (Wildman–Crippen MR) is 122 cm³/mol. The van der Waals surface area contributed by atoms with Gasteiger partial charge in [-0.25, -0.2) is 4.98 Å². The molecule has 2 heterocycles. The molecule has 0 saturated heterocycles. The summed E-state index contributed by atoms with van der Waals surface area (Å²) in [6, 6.07) is 26.5. The normalized spacial score (nSPS) is 18.8. The van der Waals surface area contributed by atoms with E-state index in [1.165, 1.54) is 11.1 Å². The third-order valence-electron chi connectivity index (χ3n) is 6.07. The molecule has 5 nitrogen and oxygen atoms in total. The van der Waals surface area contributed by atoms with E-state index < -0.39 is 0 Å². The number of benzene rings is 3. The molecule has 2 aliphatic rings. The van der Waals surface area contributed by atoms with Crippen molar-refractivity contribution in [2.45, 2.75) is 31.4 Å². The van der Waals surface area contributed by atoms with E-state index in [-0.39, 0.29) is 39.0 Å². The van der Waals surface area contributed by atoms with Gasteiger partial charge in [-0.15, -0.1) is 18.2 Å². The number of ether oxygens (including phenoxy) is 2. The number of pyridine rings is 1. The topological polar surface area (TPSA) is 63.9 Å². The largest absolute Gasteiger partial charge is 0.510 e. The molecule has 0 fully saturated rings. The summed E-state index contributed by atoms with van der Waals surface area (Å²) < 4.78 is 12.3. The molecule has 0 bridgehead atoms. The number of aromatic hydroxyl groups is 1. The Balaban J connectivity index is 0.00000228. The first-order chi connectivity index (χ1) is 15.7. The minimum atomic E-state index is -0.0493. The summed E-state index contributed by atoms with van der Waals surface area (Å²) in [5.41, 5.74) is 3.85. The van der Waals surface area contributed by atoms with Crippen LogP contribution in [0.1, 0.15) is 35.6 Å². The molecule has 3 aromatic carbocycles. The molecule has 6 rings (SSSR count). The number of hydrogen-bond acceptors (Lipinski definition) is 5. The van der Waals surface area contributed by atoms with Crippen molar-refractivity contribution in [2.24, 2.45) is 4.99 Å². The summed E-state index contributed by atoms with van der Waals surface area (Å²) in [6.07, 6.45) is 3.13. The number of aliphatic imine (C=N–C) groups is 1. The molecule has 0 radical (unpaired) electrons. The van der Waals surface area contributed by atoms with E-state index >= 15 is 0 Å². The van der Waals surface area contributed by atoms with E-state index in [1.807, 2.05) is 30.3 Å². The van der Waals surface area contributed by atoms with Crippen molar-refractivity contribution in [3.8, 4) is 17.4 Å². The maximum Gasteiger partial charge on any atom is 0.217 e. The van der Waals surface area contributed by atoms with Crippen LogP contribution < -0.4 is 4.74 Å². The second kappa shape index (κ2) is 8.99. The van der Waals surface area contributed by atoms with Gasteiger partial charge >= 0.3 is 0 Å². The van der Waals surface area contributed by atoms with E-state index in [2.05, 4.69) is 35.3 Å². The molecule has 33 heavy (non-hydrogen) atoms. The first-order valence-corrected chi connectivity index (χ1v) is 10.9. The van der Waals surface area contributed by atoms with Gasteiger partial charge in [0.15, 0.2) is 0 Å². The van der Waals surface area contributed by atoms with Gasteiger partial charge in [-0.05, 0) is 42.5 Å². The van der Waals surface area contributed by atoms with Crippen LogP contribution in [0.4, 0.5) is 0 Å². The maximum absolute atomic E-state index is 10.1. The summed E-state index contributed by atoms with van der Waals surface area (Å²) in [4.78, 5) is 9.34. The fourth-order valence-electron chi connectivity index (χ4n) is 4.52. The van der Waals surface area contributed by atoms with Crippen LogP contribution in [0.5, 0.6) is 17.4 Å². The Bertz CT molecular complexity index is 1350. The third kappa shape index (κ3) is 4.14. The number of aromatic nitrogens is 1. The molecule has 1 aliphatic carbocycles. The summed E-state index contributed by atoms with van der Waals surface area (Å²) in [5, 5.41) is 10.9. The van der Waals surface area contributed by atoms with E-state index in [1.54, 1.807) is 18.2 Å². The Morgan fingerprint density at radius 3 is 2.79 bits per heavy atom. The Kier molecular flexibility index (Phi) is 5.90. The van der Waals surface area contributed by atoms with Gasteiger partial charge < -0.3 is 14.6 Å². The Labute approximate surface area is 206 Å². The molecular weight excluding hydrogens is 595 g/mol. The molecule has 0 saturated carbocycles. The molecule has 1 N–H and O–H groups in total. The fourth-order valence-corrected chi connectivity index (χ4v) is 4.52. The number of rotatable bonds is 3. The number of nitrogens with zero attached hydrogens (tertiary/aromatic N) is 2. The molecule has 0 amide bonds. The van der Waals surface area contributed by atoms with Crippen LogP contribution >= 0.6 is 0 Å². The van der Waals surface area contributed by atoms with Crippen molar-refractivity contribution in [1.29, 1.82) is 0 Å². The molecule has 2 atom stereocenters. The summed E-state index contributed by atoms with van der Waals surface area (Å²) in [7, 11) is 0. The van der Waals surface area contributed by atoms with Crippen molar-refractivity contribution in [3.05, 3.63) is 95.6 Å². The minimum Gasteiger partial charge on any atom is -0.510 e. The van der Waals surface area contributed by atoms with Crippen LogP contribution in [0.25, 0.3) is 10.9 Å². The fraction of sp³-hybridized carbons (Fsp3) is 0.185. The molecule has 6 heteroatoms. The van der Waals surface area contributed by atoms with Crippen LogP contribution in [-0.2, 0) is 32.2 Å². The van der Waals surface area contributed by atoms with Crippen LogP contribution in [0.3, 0.4) is 0 Å². The Morgan fingerprint density at radius 1 is 0.970 bits per heavy atom. The summed E-state index contributed by atoms with van der Waals surface area (Å²) in [5.74, 6) is 1.63. The number of phenolic OH excluding ortho intramolecular Hbond substituents is 1. The Hall–Kier alpha value is -3.17. The smallest absolute Gasteiger partial charge is 0.217 e. The average Bonchev–Trinajstić information content (AvgIpc) is 3.16. The minimum absolute atomic E-state index is 0. The molecule has 0 unspecified atom stereocenters. The predicted octanol–water partition coefficient (Wildman–Crippen LogP) is 5.75. The van der Waals surface area contributed by atoms with E-state index in [0.29, 0.717) is 23.0 Å². The van der Waals surface area contributed by atoms with E-state index in [4.69, 9.17) is 14.5 Å². The first-order valence-electron chi connectivity index (χ1n) is 10.9. The third-order valence-corrected chi connectivity index (χ3v) is 6.07. The van der Waals surface area contributed by atoms with Crippen LogP contribution in [0, 0.1) is 6.07 Å². The van der Waals surface area contributed by atoms with E-state index in [0.717, 1.165) is 30.2 Å². The van der Waals surface area contributed by atoms with Crippen LogP contribution in [-0.4, -0.2) is 22.0 Å². The van der Waals surface area contributed by atoms with E-state index in [9.17, 15) is 5.11 Å².